The number of morpholine rings is 1. The van der Waals surface area contributed by atoms with Crippen LogP contribution in [0.15, 0.2) is 24.3 Å². The van der Waals surface area contributed by atoms with Gasteiger partial charge in [-0.25, -0.2) is 4.39 Å². The molecule has 4 nitrogen and oxygen atoms in total. The molecule has 2 fully saturated rings. The van der Waals surface area contributed by atoms with E-state index in [1.54, 1.807) is 17.0 Å². The summed E-state index contributed by atoms with van der Waals surface area (Å²) in [7, 11) is 0. The molecule has 2 aliphatic heterocycles. The van der Waals surface area contributed by atoms with Gasteiger partial charge in [-0.2, -0.15) is 0 Å². The average Bonchev–Trinajstić information content (AvgIpc) is 2.44. The van der Waals surface area contributed by atoms with Crippen molar-refractivity contribution in [2.24, 2.45) is 0 Å². The third-order valence-electron chi connectivity index (χ3n) is 3.90. The molecule has 1 aromatic carbocycles. The van der Waals surface area contributed by atoms with Crippen LogP contribution in [0.3, 0.4) is 0 Å². The van der Waals surface area contributed by atoms with Crippen molar-refractivity contribution in [3.05, 3.63) is 30.1 Å². The van der Waals surface area contributed by atoms with E-state index in [0.29, 0.717) is 6.54 Å². The minimum absolute atomic E-state index is 0.0595. The Balaban J connectivity index is 1.83. The summed E-state index contributed by atoms with van der Waals surface area (Å²) < 4.78 is 18.8. The number of ether oxygens (including phenoxy) is 1. The van der Waals surface area contributed by atoms with Gasteiger partial charge in [-0.1, -0.05) is 0 Å². The highest BCUT2D eigenvalue weighted by molar-refractivity contribution is 5.95. The largest absolute Gasteiger partial charge is 0.363 e. The number of amides is 1. The third-order valence-corrected chi connectivity index (χ3v) is 3.90. The molecule has 19 heavy (non-hydrogen) atoms. The van der Waals surface area contributed by atoms with E-state index in [1.165, 1.54) is 12.1 Å². The third kappa shape index (κ3) is 2.48. The van der Waals surface area contributed by atoms with Gasteiger partial charge in [-0.3, -0.25) is 4.79 Å². The van der Waals surface area contributed by atoms with Gasteiger partial charge in [0.05, 0.1) is 12.1 Å². The van der Waals surface area contributed by atoms with Gasteiger partial charge >= 0.3 is 0 Å². The Morgan fingerprint density at radius 3 is 2.58 bits per heavy atom. The van der Waals surface area contributed by atoms with Crippen molar-refractivity contribution in [2.45, 2.75) is 18.4 Å². The Hall–Kier alpha value is -1.46. The summed E-state index contributed by atoms with van der Waals surface area (Å²) in [6.07, 6.45) is 1.80. The second-order valence-electron chi connectivity index (χ2n) is 5.18. The van der Waals surface area contributed by atoms with Crippen molar-refractivity contribution in [2.75, 3.05) is 31.1 Å². The minimum Gasteiger partial charge on any atom is -0.363 e. The van der Waals surface area contributed by atoms with Crippen LogP contribution < -0.4 is 10.2 Å². The number of rotatable bonds is 1. The van der Waals surface area contributed by atoms with Gasteiger partial charge in [0, 0.05) is 5.69 Å². The summed E-state index contributed by atoms with van der Waals surface area (Å²) >= 11 is 0. The Morgan fingerprint density at radius 2 is 1.89 bits per heavy atom. The zero-order valence-corrected chi connectivity index (χ0v) is 10.7. The Morgan fingerprint density at radius 1 is 1.21 bits per heavy atom. The maximum absolute atomic E-state index is 13.0. The van der Waals surface area contributed by atoms with Crippen LogP contribution in [0.2, 0.25) is 0 Å². The number of nitrogens with zero attached hydrogens (tertiary/aromatic N) is 1. The maximum atomic E-state index is 13.0. The molecule has 1 amide bonds. The lowest BCUT2D eigenvalue weighted by atomic mass is 9.90. The molecule has 0 atom stereocenters. The van der Waals surface area contributed by atoms with E-state index in [2.05, 4.69) is 5.32 Å². The van der Waals surface area contributed by atoms with Crippen LogP contribution in [0.25, 0.3) is 0 Å². The van der Waals surface area contributed by atoms with Crippen molar-refractivity contribution in [3.8, 4) is 0 Å². The van der Waals surface area contributed by atoms with Crippen molar-refractivity contribution in [3.63, 3.8) is 0 Å². The number of carbonyl (C=O) groups excluding carboxylic acids is 1. The van der Waals surface area contributed by atoms with E-state index < -0.39 is 0 Å². The van der Waals surface area contributed by atoms with Crippen molar-refractivity contribution >= 4 is 11.6 Å². The topological polar surface area (TPSA) is 41.6 Å². The highest BCUT2D eigenvalue weighted by Gasteiger charge is 2.41. The lowest BCUT2D eigenvalue weighted by Gasteiger charge is -2.44. The molecule has 0 aromatic heterocycles. The number of halogens is 1. The van der Waals surface area contributed by atoms with Crippen LogP contribution in [-0.4, -0.2) is 37.7 Å². The van der Waals surface area contributed by atoms with Crippen molar-refractivity contribution in [1.29, 1.82) is 0 Å². The summed E-state index contributed by atoms with van der Waals surface area (Å²) in [5, 5.41) is 3.30. The molecule has 1 spiro atoms. The highest BCUT2D eigenvalue weighted by Crippen LogP contribution is 2.30. The predicted molar refractivity (Wildman–Crippen MR) is 69.5 cm³/mol. The highest BCUT2D eigenvalue weighted by atomic mass is 19.1. The molecule has 3 rings (SSSR count). The SMILES string of the molecule is O=C1COC2(CCNCC2)CN1c1ccc(F)cc1. The van der Waals surface area contributed by atoms with Crippen LogP contribution in [0, 0.1) is 5.82 Å². The molecule has 2 aliphatic rings. The van der Waals surface area contributed by atoms with Gasteiger partial charge in [-0.15, -0.1) is 0 Å². The minimum atomic E-state index is -0.291. The number of benzene rings is 1. The zero-order valence-electron chi connectivity index (χ0n) is 10.7. The molecule has 5 heteroatoms. The fraction of sp³-hybridized carbons (Fsp3) is 0.500. The molecule has 0 aliphatic carbocycles. The van der Waals surface area contributed by atoms with Gasteiger partial charge in [0.2, 0.25) is 0 Å². The summed E-state index contributed by atoms with van der Waals surface area (Å²) in [5.74, 6) is -0.350. The fourth-order valence-corrected chi connectivity index (χ4v) is 2.76. The molecule has 1 N–H and O–H groups in total. The van der Waals surface area contributed by atoms with Gasteiger partial charge in [0.25, 0.3) is 5.91 Å². The van der Waals surface area contributed by atoms with Gasteiger partial charge in [-0.05, 0) is 50.2 Å². The first kappa shape index (κ1) is 12.6. The molecule has 0 radical (unpaired) electrons. The van der Waals surface area contributed by atoms with Crippen LogP contribution >= 0.6 is 0 Å². The maximum Gasteiger partial charge on any atom is 0.253 e. The summed E-state index contributed by atoms with van der Waals surface area (Å²) in [5.41, 5.74) is 0.501. The molecule has 102 valence electrons. The molecule has 0 saturated carbocycles. The zero-order chi connectivity index (χ0) is 13.3. The number of hydrogen-bond donors (Lipinski definition) is 1. The Kier molecular flexibility index (Phi) is 3.24. The number of carbonyl (C=O) groups is 1. The predicted octanol–water partition coefficient (Wildman–Crippen LogP) is 1.31. The number of hydrogen-bond acceptors (Lipinski definition) is 3. The molecular weight excluding hydrogens is 247 g/mol. The van der Waals surface area contributed by atoms with Crippen molar-refractivity contribution in [1.82, 2.24) is 5.32 Å². The van der Waals surface area contributed by atoms with Crippen LogP contribution in [0.4, 0.5) is 10.1 Å². The van der Waals surface area contributed by atoms with E-state index in [9.17, 15) is 9.18 Å². The van der Waals surface area contributed by atoms with Gasteiger partial charge in [0.1, 0.15) is 12.4 Å². The Bertz CT molecular complexity index is 469. The molecule has 2 saturated heterocycles. The van der Waals surface area contributed by atoms with Crippen molar-refractivity contribution < 1.29 is 13.9 Å². The van der Waals surface area contributed by atoms with E-state index >= 15 is 0 Å². The normalized spacial score (nSPS) is 22.8. The quantitative estimate of drug-likeness (QED) is 0.831. The van der Waals surface area contributed by atoms with Gasteiger partial charge in [0.15, 0.2) is 0 Å². The number of piperidine rings is 1. The molecule has 2 heterocycles. The van der Waals surface area contributed by atoms with Crippen LogP contribution in [0.1, 0.15) is 12.8 Å². The second kappa shape index (κ2) is 4.90. The summed E-state index contributed by atoms with van der Waals surface area (Å²) in [6, 6.07) is 6.06. The van der Waals surface area contributed by atoms with Crippen LogP contribution in [-0.2, 0) is 9.53 Å². The lowest BCUT2D eigenvalue weighted by Crippen LogP contribution is -2.58. The summed E-state index contributed by atoms with van der Waals surface area (Å²) in [6.45, 7) is 2.48. The van der Waals surface area contributed by atoms with E-state index in [0.717, 1.165) is 31.6 Å². The van der Waals surface area contributed by atoms with E-state index in [4.69, 9.17) is 4.74 Å². The van der Waals surface area contributed by atoms with Crippen LogP contribution in [0.5, 0.6) is 0 Å². The first-order chi connectivity index (χ1) is 9.19. The monoisotopic (exact) mass is 264 g/mol. The first-order valence-electron chi connectivity index (χ1n) is 6.59. The van der Waals surface area contributed by atoms with Gasteiger partial charge < -0.3 is 15.0 Å². The molecule has 0 unspecified atom stereocenters. The standard InChI is InChI=1S/C14H17FN2O2/c15-11-1-3-12(4-2-11)17-10-14(19-9-13(17)18)5-7-16-8-6-14/h1-4,16H,5-10H2. The molecule has 0 bridgehead atoms. The van der Waals surface area contributed by atoms with E-state index in [-0.39, 0.29) is 23.9 Å². The molecule has 1 aromatic rings. The molecular formula is C14H17FN2O2. The fourth-order valence-electron chi connectivity index (χ4n) is 2.76. The first-order valence-corrected chi connectivity index (χ1v) is 6.59. The second-order valence-corrected chi connectivity index (χ2v) is 5.18. The lowest BCUT2D eigenvalue weighted by molar-refractivity contribution is -0.141. The Labute approximate surface area is 111 Å². The summed E-state index contributed by atoms with van der Waals surface area (Å²) in [4.78, 5) is 13.7. The number of anilines is 1. The smallest absolute Gasteiger partial charge is 0.253 e. The average molecular weight is 264 g/mol. The number of nitrogens with one attached hydrogen (secondary N) is 1. The van der Waals surface area contributed by atoms with E-state index in [1.807, 2.05) is 0 Å².